The highest BCUT2D eigenvalue weighted by molar-refractivity contribution is 6.02. The Labute approximate surface area is 229 Å². The monoisotopic (exact) mass is 525 g/mol. The van der Waals surface area contributed by atoms with Gasteiger partial charge in [0, 0.05) is 61.1 Å². The number of carbonyl (C=O) groups excluding carboxylic acids is 1. The maximum Gasteiger partial charge on any atom is 0.247 e. The van der Waals surface area contributed by atoms with Gasteiger partial charge >= 0.3 is 0 Å². The van der Waals surface area contributed by atoms with Crippen LogP contribution >= 0.6 is 0 Å². The fraction of sp³-hybridized carbons (Fsp3) is 0.300. The van der Waals surface area contributed by atoms with Crippen molar-refractivity contribution in [1.82, 2.24) is 19.4 Å². The highest BCUT2D eigenvalue weighted by Gasteiger charge is 2.24. The summed E-state index contributed by atoms with van der Waals surface area (Å²) in [6.07, 6.45) is 7.17. The standard InChI is InChI=1S/C30H35N7O2/c1-6-29(38)32-24-17-25(28(39-5)18-27(24)37-15-12-20(13-16-37)35(2)3)34-30-31-14-11-23(33-30)22-19-36(4)26-10-8-7-9-21(22)26/h6-11,14,17-20H,1,12-13,15-16H2,2-5H3,(H,32,38)(H,31,33,34). The van der Waals surface area contributed by atoms with Crippen LogP contribution < -0.4 is 20.3 Å². The average Bonchev–Trinajstić information content (AvgIpc) is 3.30. The number of aryl methyl sites for hydroxylation is 1. The van der Waals surface area contributed by atoms with E-state index in [1.807, 2.05) is 37.4 Å². The second-order valence-electron chi connectivity index (χ2n) is 10.0. The number of anilines is 4. The van der Waals surface area contributed by atoms with E-state index in [-0.39, 0.29) is 5.91 Å². The summed E-state index contributed by atoms with van der Waals surface area (Å²) < 4.78 is 7.88. The number of methoxy groups -OCH3 is 1. The molecular formula is C30H35N7O2. The Hall–Kier alpha value is -4.37. The van der Waals surface area contributed by atoms with Gasteiger partial charge in [-0.25, -0.2) is 9.97 Å². The number of amides is 1. The fourth-order valence-corrected chi connectivity index (χ4v) is 5.24. The average molecular weight is 526 g/mol. The topological polar surface area (TPSA) is 87.5 Å². The van der Waals surface area contributed by atoms with Crippen LogP contribution in [-0.2, 0) is 11.8 Å². The van der Waals surface area contributed by atoms with Crippen molar-refractivity contribution in [2.75, 3.05) is 49.8 Å². The Morgan fingerprint density at radius 2 is 1.92 bits per heavy atom. The molecule has 1 aliphatic heterocycles. The van der Waals surface area contributed by atoms with E-state index in [1.54, 1.807) is 13.3 Å². The summed E-state index contributed by atoms with van der Waals surface area (Å²) in [5.74, 6) is 0.791. The summed E-state index contributed by atoms with van der Waals surface area (Å²) >= 11 is 0. The van der Waals surface area contributed by atoms with Crippen LogP contribution in [0.2, 0.25) is 0 Å². The summed E-state index contributed by atoms with van der Waals surface area (Å²) in [4.78, 5) is 26.2. The Balaban J connectivity index is 1.48. The number of carbonyl (C=O) groups is 1. The first-order valence-corrected chi connectivity index (χ1v) is 13.1. The molecule has 0 aliphatic carbocycles. The van der Waals surface area contributed by atoms with Crippen LogP contribution in [-0.4, -0.2) is 65.7 Å². The summed E-state index contributed by atoms with van der Waals surface area (Å²) in [5.41, 5.74) is 5.21. The summed E-state index contributed by atoms with van der Waals surface area (Å²) in [6, 6.07) is 14.5. The molecule has 0 atom stereocenters. The number of ether oxygens (including phenoxy) is 1. The van der Waals surface area contributed by atoms with Gasteiger partial charge in [0.2, 0.25) is 11.9 Å². The number of para-hydroxylation sites is 1. The molecule has 1 amide bonds. The zero-order valence-electron chi connectivity index (χ0n) is 22.9. The first-order valence-electron chi connectivity index (χ1n) is 13.1. The van der Waals surface area contributed by atoms with Crippen molar-refractivity contribution in [2.45, 2.75) is 18.9 Å². The summed E-state index contributed by atoms with van der Waals surface area (Å²) in [7, 11) is 7.91. The molecule has 9 nitrogen and oxygen atoms in total. The van der Waals surface area contributed by atoms with Gasteiger partial charge < -0.3 is 29.7 Å². The molecule has 0 unspecified atom stereocenters. The Bertz CT molecular complexity index is 1500. The van der Waals surface area contributed by atoms with Crippen molar-refractivity contribution in [3.05, 3.63) is 67.5 Å². The van der Waals surface area contributed by atoms with Gasteiger partial charge in [-0.15, -0.1) is 0 Å². The molecule has 1 saturated heterocycles. The number of hydrogen-bond acceptors (Lipinski definition) is 7. The van der Waals surface area contributed by atoms with Gasteiger partial charge in [0.1, 0.15) is 5.75 Å². The maximum atomic E-state index is 12.4. The second-order valence-corrected chi connectivity index (χ2v) is 10.0. The number of nitrogens with one attached hydrogen (secondary N) is 2. The number of hydrogen-bond donors (Lipinski definition) is 2. The summed E-state index contributed by atoms with van der Waals surface area (Å²) in [6.45, 7) is 5.38. The second kappa shape index (κ2) is 11.2. The van der Waals surface area contributed by atoms with Crippen molar-refractivity contribution >= 4 is 39.8 Å². The van der Waals surface area contributed by atoms with Crippen molar-refractivity contribution in [1.29, 1.82) is 0 Å². The maximum absolute atomic E-state index is 12.4. The van der Waals surface area contributed by atoms with Crippen molar-refractivity contribution in [2.24, 2.45) is 7.05 Å². The van der Waals surface area contributed by atoms with Crippen LogP contribution in [0, 0.1) is 0 Å². The third-order valence-electron chi connectivity index (χ3n) is 7.37. The number of fused-ring (bicyclic) bond motifs is 1. The van der Waals surface area contributed by atoms with E-state index in [9.17, 15) is 4.79 Å². The minimum Gasteiger partial charge on any atom is -0.494 e. The molecule has 0 saturated carbocycles. The van der Waals surface area contributed by atoms with Gasteiger partial charge in [0.05, 0.1) is 29.9 Å². The van der Waals surface area contributed by atoms with Crippen LogP contribution in [0.1, 0.15) is 12.8 Å². The molecule has 39 heavy (non-hydrogen) atoms. The van der Waals surface area contributed by atoms with E-state index in [4.69, 9.17) is 9.72 Å². The molecule has 2 aromatic heterocycles. The van der Waals surface area contributed by atoms with Crippen molar-refractivity contribution in [3.63, 3.8) is 0 Å². The smallest absolute Gasteiger partial charge is 0.247 e. The Morgan fingerprint density at radius 3 is 2.64 bits per heavy atom. The highest BCUT2D eigenvalue weighted by Crippen LogP contribution is 2.39. The predicted molar refractivity (Wildman–Crippen MR) is 158 cm³/mol. The third kappa shape index (κ3) is 5.44. The first-order chi connectivity index (χ1) is 18.9. The number of aromatic nitrogens is 3. The molecule has 0 radical (unpaired) electrons. The lowest BCUT2D eigenvalue weighted by molar-refractivity contribution is -0.111. The van der Waals surface area contributed by atoms with E-state index >= 15 is 0 Å². The van der Waals surface area contributed by atoms with Crippen LogP contribution in [0.25, 0.3) is 22.2 Å². The number of piperidine rings is 1. The molecule has 3 heterocycles. The van der Waals surface area contributed by atoms with Gasteiger partial charge in [-0.05, 0) is 51.2 Å². The third-order valence-corrected chi connectivity index (χ3v) is 7.37. The van der Waals surface area contributed by atoms with Gasteiger partial charge in [0.15, 0.2) is 0 Å². The minimum atomic E-state index is -0.273. The predicted octanol–water partition coefficient (Wildman–Crippen LogP) is 5.04. The van der Waals surface area contributed by atoms with Crippen molar-refractivity contribution < 1.29 is 9.53 Å². The molecule has 1 fully saturated rings. The molecular weight excluding hydrogens is 490 g/mol. The SMILES string of the molecule is C=CC(=O)Nc1cc(Nc2nccc(-c3cn(C)c4ccccc34)n2)c(OC)cc1N1CCC(N(C)C)CC1. The molecule has 0 bridgehead atoms. The van der Waals surface area contributed by atoms with Crippen LogP contribution in [0.3, 0.4) is 0 Å². The van der Waals surface area contributed by atoms with Crippen LogP contribution in [0.15, 0.2) is 67.5 Å². The normalized spacial score (nSPS) is 14.0. The van der Waals surface area contributed by atoms with E-state index in [1.165, 1.54) is 6.08 Å². The molecule has 2 N–H and O–H groups in total. The van der Waals surface area contributed by atoms with E-state index in [2.05, 4.69) is 69.0 Å². The van der Waals surface area contributed by atoms with E-state index in [0.717, 1.165) is 53.8 Å². The Kier molecular flexibility index (Phi) is 7.51. The van der Waals surface area contributed by atoms with Gasteiger partial charge in [-0.3, -0.25) is 4.79 Å². The number of rotatable bonds is 8. The zero-order valence-corrected chi connectivity index (χ0v) is 22.9. The van der Waals surface area contributed by atoms with Crippen molar-refractivity contribution in [3.8, 4) is 17.0 Å². The molecule has 0 spiro atoms. The molecule has 1 aliphatic rings. The molecule has 2 aromatic carbocycles. The van der Waals surface area contributed by atoms with Crippen LogP contribution in [0.4, 0.5) is 23.0 Å². The van der Waals surface area contributed by atoms with Gasteiger partial charge in [-0.1, -0.05) is 24.8 Å². The summed E-state index contributed by atoms with van der Waals surface area (Å²) in [5, 5.41) is 7.42. The Morgan fingerprint density at radius 1 is 1.15 bits per heavy atom. The number of nitrogens with zero attached hydrogens (tertiary/aromatic N) is 5. The largest absolute Gasteiger partial charge is 0.494 e. The minimum absolute atomic E-state index is 0.273. The molecule has 9 heteroatoms. The van der Waals surface area contributed by atoms with E-state index in [0.29, 0.717) is 29.1 Å². The lowest BCUT2D eigenvalue weighted by Crippen LogP contribution is -2.42. The molecule has 5 rings (SSSR count). The van der Waals surface area contributed by atoms with Crippen LogP contribution in [0.5, 0.6) is 5.75 Å². The van der Waals surface area contributed by atoms with Gasteiger partial charge in [-0.2, -0.15) is 0 Å². The number of benzene rings is 2. The zero-order chi connectivity index (χ0) is 27.5. The quantitative estimate of drug-likeness (QED) is 0.312. The fourth-order valence-electron chi connectivity index (χ4n) is 5.24. The highest BCUT2D eigenvalue weighted by atomic mass is 16.5. The van der Waals surface area contributed by atoms with Gasteiger partial charge in [0.25, 0.3) is 0 Å². The van der Waals surface area contributed by atoms with E-state index < -0.39 is 0 Å². The lowest BCUT2D eigenvalue weighted by Gasteiger charge is -2.37. The first kappa shape index (κ1) is 26.2. The lowest BCUT2D eigenvalue weighted by atomic mass is 10.0. The molecule has 4 aromatic rings. The molecule has 202 valence electrons.